The van der Waals surface area contributed by atoms with E-state index in [-0.39, 0.29) is 18.3 Å². The minimum absolute atomic E-state index is 0.161. The third-order valence-corrected chi connectivity index (χ3v) is 2.67. The number of amides is 1. The fourth-order valence-corrected chi connectivity index (χ4v) is 1.69. The molecular formula is C11H12FIN2O. The molecule has 3 nitrogen and oxygen atoms in total. The first-order valence-electron chi connectivity index (χ1n) is 4.70. The smallest absolute Gasteiger partial charge is 0.238 e. The number of halogens is 2. The number of nitrogens with one attached hydrogen (secondary N) is 2. The van der Waals surface area contributed by atoms with Gasteiger partial charge in [0.2, 0.25) is 5.91 Å². The highest BCUT2D eigenvalue weighted by atomic mass is 127. The first kappa shape index (κ1) is 13.1. The maximum Gasteiger partial charge on any atom is 0.238 e. The van der Waals surface area contributed by atoms with E-state index in [1.54, 1.807) is 12.1 Å². The Balaban J connectivity index is 2.52. The minimum Gasteiger partial charge on any atom is -0.324 e. The first-order valence-corrected chi connectivity index (χ1v) is 5.78. The largest absolute Gasteiger partial charge is 0.324 e. The molecule has 1 amide bonds. The highest BCUT2D eigenvalue weighted by molar-refractivity contribution is 14.1. The molecule has 0 unspecified atom stereocenters. The van der Waals surface area contributed by atoms with Crippen molar-refractivity contribution in [2.75, 3.05) is 18.4 Å². The highest BCUT2D eigenvalue weighted by Crippen LogP contribution is 2.18. The fraction of sp³-hybridized carbons (Fsp3) is 0.182. The van der Waals surface area contributed by atoms with E-state index in [2.05, 4.69) is 17.2 Å². The van der Waals surface area contributed by atoms with E-state index in [0.717, 1.165) is 0 Å². The summed E-state index contributed by atoms with van der Waals surface area (Å²) < 4.78 is 13.5. The maximum absolute atomic E-state index is 12.8. The lowest BCUT2D eigenvalue weighted by Crippen LogP contribution is -2.28. The second-order valence-electron chi connectivity index (χ2n) is 3.09. The number of carbonyl (C=O) groups excluding carboxylic acids is 1. The molecule has 0 fully saturated rings. The predicted octanol–water partition coefficient (Wildman–Crippen LogP) is 2.14. The van der Waals surface area contributed by atoms with Crippen LogP contribution in [0.2, 0.25) is 0 Å². The van der Waals surface area contributed by atoms with Crippen LogP contribution in [0.5, 0.6) is 0 Å². The van der Waals surface area contributed by atoms with Gasteiger partial charge in [0.15, 0.2) is 0 Å². The predicted molar refractivity (Wildman–Crippen MR) is 70.8 cm³/mol. The molecule has 0 atom stereocenters. The molecule has 0 aliphatic rings. The average molecular weight is 334 g/mol. The maximum atomic E-state index is 12.8. The van der Waals surface area contributed by atoms with Crippen LogP contribution < -0.4 is 10.6 Å². The number of anilines is 1. The molecule has 0 radical (unpaired) electrons. The molecule has 0 saturated carbocycles. The summed E-state index contributed by atoms with van der Waals surface area (Å²) in [6, 6.07) is 4.23. The molecule has 0 bridgehead atoms. The molecule has 0 aromatic heterocycles. The van der Waals surface area contributed by atoms with Crippen LogP contribution >= 0.6 is 22.6 Å². The van der Waals surface area contributed by atoms with E-state index < -0.39 is 0 Å². The van der Waals surface area contributed by atoms with Crippen molar-refractivity contribution in [3.8, 4) is 0 Å². The second-order valence-corrected chi connectivity index (χ2v) is 4.25. The molecule has 1 aromatic carbocycles. The third kappa shape index (κ3) is 4.28. The van der Waals surface area contributed by atoms with Crippen LogP contribution in [0.25, 0.3) is 0 Å². The second kappa shape index (κ2) is 6.59. The van der Waals surface area contributed by atoms with Gasteiger partial charge in [0.05, 0.1) is 12.2 Å². The molecule has 0 spiro atoms. The zero-order valence-electron chi connectivity index (χ0n) is 8.59. The zero-order valence-corrected chi connectivity index (χ0v) is 10.8. The summed E-state index contributed by atoms with van der Waals surface area (Å²) in [5.74, 6) is -0.474. The Hall–Kier alpha value is -0.950. The molecule has 1 rings (SSSR count). The lowest BCUT2D eigenvalue weighted by atomic mass is 10.3. The van der Waals surface area contributed by atoms with Gasteiger partial charge in [-0.25, -0.2) is 4.39 Å². The van der Waals surface area contributed by atoms with Crippen molar-refractivity contribution >= 4 is 34.2 Å². The van der Waals surface area contributed by atoms with Gasteiger partial charge in [-0.05, 0) is 40.8 Å². The highest BCUT2D eigenvalue weighted by Gasteiger charge is 2.05. The Morgan fingerprint density at radius 1 is 1.56 bits per heavy atom. The summed E-state index contributed by atoms with van der Waals surface area (Å²) in [5.41, 5.74) is 0.618. The zero-order chi connectivity index (χ0) is 12.0. The molecule has 1 aromatic rings. The van der Waals surface area contributed by atoms with E-state index >= 15 is 0 Å². The summed E-state index contributed by atoms with van der Waals surface area (Å²) in [5, 5.41) is 5.57. The summed E-state index contributed by atoms with van der Waals surface area (Å²) in [6.45, 7) is 4.31. The molecule has 86 valence electrons. The van der Waals surface area contributed by atoms with Crippen LogP contribution in [0.1, 0.15) is 0 Å². The van der Waals surface area contributed by atoms with Gasteiger partial charge in [-0.3, -0.25) is 4.79 Å². The van der Waals surface area contributed by atoms with Gasteiger partial charge in [0, 0.05) is 10.1 Å². The monoisotopic (exact) mass is 334 g/mol. The number of hydrogen-bond acceptors (Lipinski definition) is 2. The topological polar surface area (TPSA) is 41.1 Å². The normalized spacial score (nSPS) is 9.88. The standard InChI is InChI=1S/C11H12FIN2O/c1-2-5-14-7-11(16)15-10-4-3-8(12)6-9(10)13/h2-4,6,14H,1,5,7H2,(H,15,16). The summed E-state index contributed by atoms with van der Waals surface area (Å²) in [4.78, 5) is 11.4. The van der Waals surface area contributed by atoms with Crippen LogP contribution in [-0.2, 0) is 4.79 Å². The van der Waals surface area contributed by atoms with E-state index in [0.29, 0.717) is 15.8 Å². The van der Waals surface area contributed by atoms with Crippen molar-refractivity contribution in [2.45, 2.75) is 0 Å². The van der Waals surface area contributed by atoms with Crippen molar-refractivity contribution in [1.82, 2.24) is 5.32 Å². The summed E-state index contributed by atoms with van der Waals surface area (Å²) >= 11 is 1.97. The SMILES string of the molecule is C=CCNCC(=O)Nc1ccc(F)cc1I. The minimum atomic E-state index is -0.313. The van der Waals surface area contributed by atoms with Crippen LogP contribution in [0.3, 0.4) is 0 Å². The van der Waals surface area contributed by atoms with E-state index in [4.69, 9.17) is 0 Å². The lowest BCUT2D eigenvalue weighted by molar-refractivity contribution is -0.115. The van der Waals surface area contributed by atoms with Gasteiger partial charge in [-0.2, -0.15) is 0 Å². The number of benzene rings is 1. The Morgan fingerprint density at radius 3 is 2.94 bits per heavy atom. The Morgan fingerprint density at radius 2 is 2.31 bits per heavy atom. The Labute approximate surface area is 107 Å². The van der Waals surface area contributed by atoms with Gasteiger partial charge in [-0.15, -0.1) is 6.58 Å². The van der Waals surface area contributed by atoms with Crippen molar-refractivity contribution < 1.29 is 9.18 Å². The molecular weight excluding hydrogens is 322 g/mol. The number of carbonyl (C=O) groups is 1. The molecule has 0 aliphatic carbocycles. The molecule has 16 heavy (non-hydrogen) atoms. The molecule has 0 saturated heterocycles. The van der Waals surface area contributed by atoms with Gasteiger partial charge in [0.25, 0.3) is 0 Å². The van der Waals surface area contributed by atoms with Crippen LogP contribution in [0.4, 0.5) is 10.1 Å². The molecule has 5 heteroatoms. The third-order valence-electron chi connectivity index (χ3n) is 1.78. The van der Waals surface area contributed by atoms with Gasteiger partial charge >= 0.3 is 0 Å². The molecule has 0 heterocycles. The first-order chi connectivity index (χ1) is 7.63. The summed E-state index contributed by atoms with van der Waals surface area (Å²) in [6.07, 6.45) is 1.68. The molecule has 2 N–H and O–H groups in total. The molecule has 0 aliphatic heterocycles. The van der Waals surface area contributed by atoms with Crippen molar-refractivity contribution in [3.63, 3.8) is 0 Å². The Kier molecular flexibility index (Phi) is 5.41. The number of rotatable bonds is 5. The van der Waals surface area contributed by atoms with Gasteiger partial charge in [-0.1, -0.05) is 6.08 Å². The van der Waals surface area contributed by atoms with Gasteiger partial charge in [0.1, 0.15) is 5.82 Å². The van der Waals surface area contributed by atoms with Crippen LogP contribution in [0, 0.1) is 9.39 Å². The van der Waals surface area contributed by atoms with Gasteiger partial charge < -0.3 is 10.6 Å². The van der Waals surface area contributed by atoms with E-state index in [1.165, 1.54) is 12.1 Å². The Bertz CT molecular complexity index is 396. The van der Waals surface area contributed by atoms with Crippen molar-refractivity contribution in [1.29, 1.82) is 0 Å². The quantitative estimate of drug-likeness (QED) is 0.492. The van der Waals surface area contributed by atoms with Crippen molar-refractivity contribution in [2.24, 2.45) is 0 Å². The van der Waals surface area contributed by atoms with E-state index in [1.807, 2.05) is 22.6 Å². The van der Waals surface area contributed by atoms with E-state index in [9.17, 15) is 9.18 Å². The fourth-order valence-electron chi connectivity index (χ4n) is 1.07. The average Bonchev–Trinajstić information content (AvgIpc) is 2.23. The number of hydrogen-bond donors (Lipinski definition) is 2. The summed E-state index contributed by atoms with van der Waals surface area (Å²) in [7, 11) is 0. The van der Waals surface area contributed by atoms with Crippen LogP contribution in [-0.4, -0.2) is 19.0 Å². The van der Waals surface area contributed by atoms with Crippen LogP contribution in [0.15, 0.2) is 30.9 Å². The lowest BCUT2D eigenvalue weighted by Gasteiger charge is -2.07. The van der Waals surface area contributed by atoms with Crippen molar-refractivity contribution in [3.05, 3.63) is 40.2 Å².